The molecule has 1 atom stereocenters. The van der Waals surface area contributed by atoms with Crippen LogP contribution in [0.5, 0.6) is 0 Å². The summed E-state index contributed by atoms with van der Waals surface area (Å²) in [6, 6.07) is 0. The summed E-state index contributed by atoms with van der Waals surface area (Å²) in [5.41, 5.74) is 0.924. The molecule has 0 saturated carbocycles. The van der Waals surface area contributed by atoms with Gasteiger partial charge in [0.2, 0.25) is 5.89 Å². The molecule has 118 valence electrons. The Bertz CT molecular complexity index is 466. The first-order valence-electron chi connectivity index (χ1n) is 7.26. The number of guanidine groups is 1. The lowest BCUT2D eigenvalue weighted by atomic mass is 10.3. The Kier molecular flexibility index (Phi) is 5.58. The molecule has 7 nitrogen and oxygen atoms in total. The second-order valence-electron chi connectivity index (χ2n) is 5.31. The van der Waals surface area contributed by atoms with Crippen LogP contribution in [0.2, 0.25) is 0 Å². The molecule has 1 aliphatic rings. The number of hydrogen-bond acceptors (Lipinski definition) is 5. The van der Waals surface area contributed by atoms with Gasteiger partial charge in [0.25, 0.3) is 0 Å². The van der Waals surface area contributed by atoms with Crippen molar-refractivity contribution in [3.05, 3.63) is 17.3 Å². The Labute approximate surface area is 125 Å². The van der Waals surface area contributed by atoms with Gasteiger partial charge in [-0.25, -0.2) is 4.98 Å². The number of aryl methyl sites for hydroxylation is 2. The van der Waals surface area contributed by atoms with Crippen molar-refractivity contribution in [1.82, 2.24) is 20.5 Å². The average molecular weight is 295 g/mol. The maximum atomic E-state index is 5.71. The number of aromatic nitrogens is 1. The highest BCUT2D eigenvalue weighted by molar-refractivity contribution is 5.79. The first-order valence-corrected chi connectivity index (χ1v) is 7.26. The Hall–Kier alpha value is -1.60. The van der Waals surface area contributed by atoms with Gasteiger partial charge < -0.3 is 24.7 Å². The lowest BCUT2D eigenvalue weighted by molar-refractivity contribution is -0.0161. The molecular formula is C14H25N5O2. The molecule has 0 aliphatic carbocycles. The SMILES string of the molecule is CN=C(NCc1nc(C)c(C)o1)NCC1CN(C)CCO1. The fraction of sp³-hybridized carbons (Fsp3) is 0.714. The number of oxazole rings is 1. The molecule has 0 radical (unpaired) electrons. The molecule has 1 aromatic heterocycles. The second kappa shape index (κ2) is 7.42. The molecule has 0 aromatic carbocycles. The largest absolute Gasteiger partial charge is 0.444 e. The summed E-state index contributed by atoms with van der Waals surface area (Å²) in [4.78, 5) is 10.8. The minimum absolute atomic E-state index is 0.188. The zero-order valence-electron chi connectivity index (χ0n) is 13.3. The first kappa shape index (κ1) is 15.8. The Balaban J connectivity index is 1.75. The molecule has 2 rings (SSSR count). The molecule has 0 spiro atoms. The molecule has 1 aliphatic heterocycles. The van der Waals surface area contributed by atoms with Crippen LogP contribution in [0.4, 0.5) is 0 Å². The predicted octanol–water partition coefficient (Wildman–Crippen LogP) is 0.287. The lowest BCUT2D eigenvalue weighted by Gasteiger charge is -2.30. The van der Waals surface area contributed by atoms with Gasteiger partial charge in [-0.05, 0) is 20.9 Å². The zero-order valence-corrected chi connectivity index (χ0v) is 13.3. The molecule has 0 amide bonds. The smallest absolute Gasteiger partial charge is 0.214 e. The van der Waals surface area contributed by atoms with Gasteiger partial charge in [-0.2, -0.15) is 0 Å². The summed E-state index contributed by atoms with van der Waals surface area (Å²) in [6.45, 7) is 7.80. The monoisotopic (exact) mass is 295 g/mol. The molecule has 1 fully saturated rings. The van der Waals surface area contributed by atoms with Crippen molar-refractivity contribution in [2.75, 3.05) is 40.3 Å². The average Bonchev–Trinajstić information content (AvgIpc) is 2.78. The van der Waals surface area contributed by atoms with Gasteiger partial charge in [0.05, 0.1) is 24.9 Å². The number of hydrogen-bond donors (Lipinski definition) is 2. The minimum Gasteiger partial charge on any atom is -0.444 e. The van der Waals surface area contributed by atoms with Crippen LogP contribution in [-0.4, -0.2) is 62.3 Å². The second-order valence-corrected chi connectivity index (χ2v) is 5.31. The number of likely N-dealkylation sites (N-methyl/N-ethyl adjacent to an activating group) is 1. The van der Waals surface area contributed by atoms with E-state index in [0.29, 0.717) is 12.4 Å². The molecule has 1 saturated heterocycles. The van der Waals surface area contributed by atoms with Crippen molar-refractivity contribution in [1.29, 1.82) is 0 Å². The standard InChI is InChI=1S/C14H25N5O2/c1-10-11(2)21-13(18-10)8-17-14(15-3)16-7-12-9-19(4)5-6-20-12/h12H,5-9H2,1-4H3,(H2,15,16,17). The number of morpholine rings is 1. The van der Waals surface area contributed by atoms with E-state index in [9.17, 15) is 0 Å². The van der Waals surface area contributed by atoms with Gasteiger partial charge in [-0.1, -0.05) is 0 Å². The van der Waals surface area contributed by atoms with E-state index in [0.717, 1.165) is 43.7 Å². The molecule has 1 unspecified atom stereocenters. The van der Waals surface area contributed by atoms with Crippen LogP contribution in [0.1, 0.15) is 17.3 Å². The van der Waals surface area contributed by atoms with Gasteiger partial charge in [0.1, 0.15) is 5.76 Å². The molecule has 1 aromatic rings. The van der Waals surface area contributed by atoms with Gasteiger partial charge in [0, 0.05) is 26.7 Å². The summed E-state index contributed by atoms with van der Waals surface area (Å²) >= 11 is 0. The Morgan fingerprint density at radius 1 is 1.43 bits per heavy atom. The van der Waals surface area contributed by atoms with Crippen molar-refractivity contribution in [2.24, 2.45) is 4.99 Å². The summed E-state index contributed by atoms with van der Waals surface area (Å²) < 4.78 is 11.2. The van der Waals surface area contributed by atoms with Gasteiger partial charge in [-0.15, -0.1) is 0 Å². The normalized spacial score (nSPS) is 20.6. The van der Waals surface area contributed by atoms with Gasteiger partial charge in [0.15, 0.2) is 5.96 Å². The van der Waals surface area contributed by atoms with Crippen LogP contribution in [0.25, 0.3) is 0 Å². The predicted molar refractivity (Wildman–Crippen MR) is 81.4 cm³/mol. The molecule has 2 N–H and O–H groups in total. The van der Waals surface area contributed by atoms with E-state index in [-0.39, 0.29) is 6.10 Å². The minimum atomic E-state index is 0.188. The third-order valence-electron chi connectivity index (χ3n) is 3.54. The van der Waals surface area contributed by atoms with Gasteiger partial charge >= 0.3 is 0 Å². The summed E-state index contributed by atoms with van der Waals surface area (Å²) in [5, 5.41) is 6.46. The zero-order chi connectivity index (χ0) is 15.2. The topological polar surface area (TPSA) is 74.9 Å². The van der Waals surface area contributed by atoms with Crippen molar-refractivity contribution in [3.8, 4) is 0 Å². The van der Waals surface area contributed by atoms with Crippen molar-refractivity contribution >= 4 is 5.96 Å². The maximum Gasteiger partial charge on any atom is 0.214 e. The molecule has 2 heterocycles. The van der Waals surface area contributed by atoms with Crippen LogP contribution in [0.15, 0.2) is 9.41 Å². The van der Waals surface area contributed by atoms with Crippen LogP contribution in [-0.2, 0) is 11.3 Å². The van der Waals surface area contributed by atoms with E-state index in [1.54, 1.807) is 7.05 Å². The Morgan fingerprint density at radius 2 is 2.24 bits per heavy atom. The van der Waals surface area contributed by atoms with E-state index < -0.39 is 0 Å². The highest BCUT2D eigenvalue weighted by atomic mass is 16.5. The fourth-order valence-electron chi connectivity index (χ4n) is 2.20. The van der Waals surface area contributed by atoms with E-state index >= 15 is 0 Å². The first-order chi connectivity index (χ1) is 10.1. The summed E-state index contributed by atoms with van der Waals surface area (Å²) in [7, 11) is 3.85. The number of ether oxygens (including phenoxy) is 1. The lowest BCUT2D eigenvalue weighted by Crippen LogP contribution is -2.48. The van der Waals surface area contributed by atoms with Gasteiger partial charge in [-0.3, -0.25) is 4.99 Å². The van der Waals surface area contributed by atoms with E-state index in [1.807, 2.05) is 13.8 Å². The molecule has 0 bridgehead atoms. The fourth-order valence-corrected chi connectivity index (χ4v) is 2.20. The number of aliphatic imine (C=N–C) groups is 1. The van der Waals surface area contributed by atoms with Crippen molar-refractivity contribution in [2.45, 2.75) is 26.5 Å². The Morgan fingerprint density at radius 3 is 2.86 bits per heavy atom. The van der Waals surface area contributed by atoms with Crippen LogP contribution in [0.3, 0.4) is 0 Å². The molecule has 21 heavy (non-hydrogen) atoms. The summed E-state index contributed by atoms with van der Waals surface area (Å²) in [5.74, 6) is 2.25. The molecular weight excluding hydrogens is 270 g/mol. The van der Waals surface area contributed by atoms with Crippen LogP contribution in [0, 0.1) is 13.8 Å². The van der Waals surface area contributed by atoms with Crippen molar-refractivity contribution in [3.63, 3.8) is 0 Å². The van der Waals surface area contributed by atoms with Crippen LogP contribution >= 0.6 is 0 Å². The number of rotatable bonds is 4. The highest BCUT2D eigenvalue weighted by Gasteiger charge is 2.17. The van der Waals surface area contributed by atoms with Crippen molar-refractivity contribution < 1.29 is 9.15 Å². The third-order valence-corrected chi connectivity index (χ3v) is 3.54. The van der Waals surface area contributed by atoms with E-state index in [2.05, 4.69) is 32.6 Å². The highest BCUT2D eigenvalue weighted by Crippen LogP contribution is 2.07. The van der Waals surface area contributed by atoms with E-state index in [4.69, 9.17) is 9.15 Å². The van der Waals surface area contributed by atoms with Crippen LogP contribution < -0.4 is 10.6 Å². The third kappa shape index (κ3) is 4.71. The van der Waals surface area contributed by atoms with E-state index in [1.165, 1.54) is 0 Å². The quantitative estimate of drug-likeness (QED) is 0.614. The molecule has 7 heteroatoms. The number of nitrogens with zero attached hydrogens (tertiary/aromatic N) is 3. The maximum absolute atomic E-state index is 5.71. The number of nitrogens with one attached hydrogen (secondary N) is 2. The summed E-state index contributed by atoms with van der Waals surface area (Å²) in [6.07, 6.45) is 0.188.